The Balaban J connectivity index is 2.03. The largest absolute Gasteiger partial charge is 0.395 e. The van der Waals surface area contributed by atoms with Gasteiger partial charge in [-0.3, -0.25) is 4.79 Å². The molecular formula is C15H17N3O2S. The highest BCUT2D eigenvalue weighted by Gasteiger charge is 2.15. The van der Waals surface area contributed by atoms with E-state index in [-0.39, 0.29) is 12.5 Å². The number of nitrogens with zero attached hydrogens (tertiary/aromatic N) is 3. The number of amides is 1. The zero-order chi connectivity index (χ0) is 15.2. The number of carbonyl (C=O) groups is 1. The molecule has 0 spiro atoms. The van der Waals surface area contributed by atoms with Crippen molar-refractivity contribution in [2.75, 3.05) is 13.7 Å². The van der Waals surface area contributed by atoms with Crippen LogP contribution < -0.4 is 0 Å². The molecule has 1 amide bonds. The summed E-state index contributed by atoms with van der Waals surface area (Å²) in [7, 11) is 3.66. The normalized spacial score (nSPS) is 10.0. The molecule has 0 fully saturated rings. The van der Waals surface area contributed by atoms with Gasteiger partial charge in [-0.15, -0.1) is 11.3 Å². The Bertz CT molecular complexity index is 678. The fraction of sp³-hybridized carbons (Fsp3) is 0.333. The van der Waals surface area contributed by atoms with Gasteiger partial charge >= 0.3 is 0 Å². The van der Waals surface area contributed by atoms with E-state index in [1.807, 2.05) is 17.8 Å². The lowest BCUT2D eigenvalue weighted by Crippen LogP contribution is -2.27. The van der Waals surface area contributed by atoms with Crippen LogP contribution in [0.4, 0.5) is 0 Å². The Hall–Kier alpha value is -2.10. The number of hydrogen-bond acceptors (Lipinski definition) is 4. The monoisotopic (exact) mass is 303 g/mol. The highest BCUT2D eigenvalue weighted by atomic mass is 32.1. The highest BCUT2D eigenvalue weighted by molar-refractivity contribution is 7.10. The first-order valence-electron chi connectivity index (χ1n) is 6.51. The standard InChI is InChI=1S/C15H17N3O2S/c1-17-7-6-16-14(17)10-18(2)15(20)12-9-13(21-11-12)5-3-4-8-19/h6-7,9,11,19H,4,8,10H2,1-2H3. The number of imidazole rings is 1. The number of aromatic nitrogens is 2. The summed E-state index contributed by atoms with van der Waals surface area (Å²) >= 11 is 1.43. The number of hydrogen-bond donors (Lipinski definition) is 1. The van der Waals surface area contributed by atoms with Crippen molar-refractivity contribution >= 4 is 17.2 Å². The van der Waals surface area contributed by atoms with E-state index in [2.05, 4.69) is 16.8 Å². The minimum atomic E-state index is -0.0514. The molecule has 6 heteroatoms. The van der Waals surface area contributed by atoms with Gasteiger partial charge in [-0.05, 0) is 6.07 Å². The number of aliphatic hydroxyl groups excluding tert-OH is 1. The fourth-order valence-corrected chi connectivity index (χ4v) is 2.52. The molecule has 0 saturated carbocycles. The molecule has 5 nitrogen and oxygen atoms in total. The quantitative estimate of drug-likeness (QED) is 0.871. The van der Waals surface area contributed by atoms with Crippen LogP contribution in [0.15, 0.2) is 23.8 Å². The molecular weight excluding hydrogens is 286 g/mol. The van der Waals surface area contributed by atoms with Crippen molar-refractivity contribution in [2.45, 2.75) is 13.0 Å². The van der Waals surface area contributed by atoms with Crippen molar-refractivity contribution in [3.05, 3.63) is 40.1 Å². The summed E-state index contributed by atoms with van der Waals surface area (Å²) in [6.45, 7) is 0.514. The maximum absolute atomic E-state index is 12.3. The van der Waals surface area contributed by atoms with Crippen molar-refractivity contribution in [1.82, 2.24) is 14.5 Å². The lowest BCUT2D eigenvalue weighted by atomic mass is 10.2. The molecule has 0 aliphatic carbocycles. The molecule has 2 rings (SSSR count). The van der Waals surface area contributed by atoms with E-state index in [1.165, 1.54) is 11.3 Å². The molecule has 0 radical (unpaired) electrons. The van der Waals surface area contributed by atoms with Crippen LogP contribution in [0, 0.1) is 11.8 Å². The Kier molecular flexibility index (Phi) is 5.14. The third-order valence-electron chi connectivity index (χ3n) is 2.94. The predicted molar refractivity (Wildman–Crippen MR) is 81.9 cm³/mol. The first kappa shape index (κ1) is 15.3. The Morgan fingerprint density at radius 1 is 1.57 bits per heavy atom. The number of thiophene rings is 1. The SMILES string of the molecule is CN(Cc1nccn1C)C(=O)c1csc(C#CCCO)c1. The number of rotatable bonds is 4. The molecule has 110 valence electrons. The van der Waals surface area contributed by atoms with Gasteiger partial charge in [0.2, 0.25) is 0 Å². The summed E-state index contributed by atoms with van der Waals surface area (Å²) in [4.78, 5) is 19.0. The molecule has 0 aliphatic heterocycles. The Labute approximate surface area is 127 Å². The van der Waals surface area contributed by atoms with Gasteiger partial charge in [0, 0.05) is 38.3 Å². The maximum Gasteiger partial charge on any atom is 0.254 e. The third-order valence-corrected chi connectivity index (χ3v) is 3.79. The molecule has 1 N–H and O–H groups in total. The molecule has 2 aromatic rings. The second-order valence-electron chi connectivity index (χ2n) is 4.59. The van der Waals surface area contributed by atoms with Gasteiger partial charge in [0.15, 0.2) is 0 Å². The van der Waals surface area contributed by atoms with Crippen LogP contribution in [0.25, 0.3) is 0 Å². The van der Waals surface area contributed by atoms with Crippen LogP contribution in [-0.4, -0.2) is 39.1 Å². The van der Waals surface area contributed by atoms with Crippen LogP contribution in [0.2, 0.25) is 0 Å². The van der Waals surface area contributed by atoms with E-state index >= 15 is 0 Å². The van der Waals surface area contributed by atoms with Crippen LogP contribution in [0.3, 0.4) is 0 Å². The van der Waals surface area contributed by atoms with Crippen LogP contribution in [0.1, 0.15) is 27.5 Å². The zero-order valence-corrected chi connectivity index (χ0v) is 12.9. The third kappa shape index (κ3) is 3.94. The van der Waals surface area contributed by atoms with Gasteiger partial charge in [0.05, 0.1) is 23.6 Å². The van der Waals surface area contributed by atoms with E-state index in [4.69, 9.17) is 5.11 Å². The van der Waals surface area contributed by atoms with E-state index in [0.29, 0.717) is 18.5 Å². The molecule has 0 atom stereocenters. The molecule has 2 aromatic heterocycles. The Morgan fingerprint density at radius 2 is 2.38 bits per heavy atom. The number of carbonyl (C=O) groups excluding carboxylic acids is 1. The predicted octanol–water partition coefficient (Wildman–Crippen LogP) is 1.49. The minimum Gasteiger partial charge on any atom is -0.395 e. The lowest BCUT2D eigenvalue weighted by Gasteiger charge is -2.15. The first-order valence-corrected chi connectivity index (χ1v) is 7.39. The van der Waals surface area contributed by atoms with E-state index in [1.54, 1.807) is 29.6 Å². The molecule has 0 aliphatic rings. The van der Waals surface area contributed by atoms with Crippen molar-refractivity contribution in [1.29, 1.82) is 0 Å². The average Bonchev–Trinajstić information content (AvgIpc) is 3.08. The Morgan fingerprint density at radius 3 is 3.05 bits per heavy atom. The highest BCUT2D eigenvalue weighted by Crippen LogP contribution is 2.16. The van der Waals surface area contributed by atoms with Gasteiger partial charge in [-0.25, -0.2) is 4.98 Å². The van der Waals surface area contributed by atoms with Crippen molar-refractivity contribution in [2.24, 2.45) is 7.05 Å². The smallest absolute Gasteiger partial charge is 0.254 e. The molecule has 0 aromatic carbocycles. The van der Waals surface area contributed by atoms with Gasteiger partial charge in [0.1, 0.15) is 5.82 Å². The van der Waals surface area contributed by atoms with Crippen molar-refractivity contribution < 1.29 is 9.90 Å². The molecule has 0 saturated heterocycles. The van der Waals surface area contributed by atoms with Gasteiger partial charge in [0.25, 0.3) is 5.91 Å². The molecule has 2 heterocycles. The summed E-state index contributed by atoms with van der Waals surface area (Å²) in [6.07, 6.45) is 4.01. The maximum atomic E-state index is 12.3. The second-order valence-corrected chi connectivity index (χ2v) is 5.50. The summed E-state index contributed by atoms with van der Waals surface area (Å²) in [6, 6.07) is 1.78. The van der Waals surface area contributed by atoms with E-state index in [9.17, 15) is 4.79 Å². The van der Waals surface area contributed by atoms with Crippen molar-refractivity contribution in [3.63, 3.8) is 0 Å². The van der Waals surface area contributed by atoms with E-state index in [0.717, 1.165) is 10.7 Å². The summed E-state index contributed by atoms with van der Waals surface area (Å²) in [5.74, 6) is 6.57. The first-order chi connectivity index (χ1) is 10.1. The number of aliphatic hydroxyl groups is 1. The average molecular weight is 303 g/mol. The van der Waals surface area contributed by atoms with Gasteiger partial charge in [-0.2, -0.15) is 0 Å². The van der Waals surface area contributed by atoms with Crippen LogP contribution in [-0.2, 0) is 13.6 Å². The van der Waals surface area contributed by atoms with Crippen LogP contribution in [0.5, 0.6) is 0 Å². The topological polar surface area (TPSA) is 58.4 Å². The summed E-state index contributed by atoms with van der Waals surface area (Å²) < 4.78 is 1.89. The molecule has 21 heavy (non-hydrogen) atoms. The summed E-state index contributed by atoms with van der Waals surface area (Å²) in [5.41, 5.74) is 0.630. The van der Waals surface area contributed by atoms with Crippen LogP contribution >= 0.6 is 11.3 Å². The van der Waals surface area contributed by atoms with Gasteiger partial charge < -0.3 is 14.6 Å². The van der Waals surface area contributed by atoms with Gasteiger partial charge in [-0.1, -0.05) is 11.8 Å². The minimum absolute atomic E-state index is 0.0514. The fourth-order valence-electron chi connectivity index (χ4n) is 1.77. The molecule has 0 bridgehead atoms. The van der Waals surface area contributed by atoms with E-state index < -0.39 is 0 Å². The number of aryl methyl sites for hydroxylation is 1. The lowest BCUT2D eigenvalue weighted by molar-refractivity contribution is 0.0781. The summed E-state index contributed by atoms with van der Waals surface area (Å²) in [5, 5.41) is 10.5. The second kappa shape index (κ2) is 7.07. The zero-order valence-electron chi connectivity index (χ0n) is 12.0. The molecule has 0 unspecified atom stereocenters. The van der Waals surface area contributed by atoms with Crippen molar-refractivity contribution in [3.8, 4) is 11.8 Å².